The average molecular weight is 401 g/mol. The molecule has 0 spiro atoms. The summed E-state index contributed by atoms with van der Waals surface area (Å²) in [4.78, 5) is 35.9. The summed E-state index contributed by atoms with van der Waals surface area (Å²) >= 11 is 0. The van der Waals surface area contributed by atoms with Crippen molar-refractivity contribution in [1.82, 2.24) is 20.7 Å². The van der Waals surface area contributed by atoms with E-state index in [2.05, 4.69) is 30.0 Å². The second-order valence-electron chi connectivity index (χ2n) is 7.32. The van der Waals surface area contributed by atoms with E-state index in [4.69, 9.17) is 0 Å². The van der Waals surface area contributed by atoms with Crippen molar-refractivity contribution in [3.05, 3.63) is 36.5 Å². The van der Waals surface area contributed by atoms with Crippen LogP contribution in [-0.4, -0.2) is 28.8 Å². The van der Waals surface area contributed by atoms with Crippen molar-refractivity contribution in [2.24, 2.45) is 5.92 Å². The number of para-hydroxylation sites is 1. The zero-order valence-electron chi connectivity index (χ0n) is 17.4. The number of carbonyl (C=O) groups excluding carboxylic acids is 3. The number of aromatic nitrogens is 1. The first-order chi connectivity index (χ1) is 14.0. The van der Waals surface area contributed by atoms with Crippen LogP contribution in [0.5, 0.6) is 0 Å². The van der Waals surface area contributed by atoms with E-state index in [0.29, 0.717) is 12.5 Å². The third-order valence-electron chi connectivity index (χ3n) is 5.05. The minimum Gasteiger partial charge on any atom is -0.356 e. The number of hydrogen-bond donors (Lipinski definition) is 3. The van der Waals surface area contributed by atoms with Crippen LogP contribution in [0.3, 0.4) is 0 Å². The summed E-state index contributed by atoms with van der Waals surface area (Å²) in [6, 6.07) is 9.70. The molecule has 29 heavy (non-hydrogen) atoms. The van der Waals surface area contributed by atoms with Gasteiger partial charge < -0.3 is 9.88 Å². The molecule has 3 N–H and O–H groups in total. The van der Waals surface area contributed by atoms with Gasteiger partial charge in [-0.3, -0.25) is 25.2 Å². The number of hydrogen-bond acceptors (Lipinski definition) is 3. The zero-order chi connectivity index (χ0) is 21.1. The summed E-state index contributed by atoms with van der Waals surface area (Å²) in [5, 5.41) is 3.95. The first kappa shape index (κ1) is 22.5. The molecule has 0 saturated heterocycles. The minimum absolute atomic E-state index is 0.0321. The Hall–Kier alpha value is -2.83. The Balaban J connectivity index is 1.65. The van der Waals surface area contributed by atoms with Gasteiger partial charge in [0, 0.05) is 31.1 Å². The molecule has 7 heteroatoms. The van der Waals surface area contributed by atoms with Crippen molar-refractivity contribution in [1.29, 1.82) is 0 Å². The largest absolute Gasteiger partial charge is 0.356 e. The van der Waals surface area contributed by atoms with Gasteiger partial charge in [0.2, 0.25) is 11.8 Å². The van der Waals surface area contributed by atoms with Crippen LogP contribution in [0.1, 0.15) is 52.4 Å². The Morgan fingerprint density at radius 2 is 1.69 bits per heavy atom. The second kappa shape index (κ2) is 11.9. The predicted octanol–water partition coefficient (Wildman–Crippen LogP) is 2.90. The van der Waals surface area contributed by atoms with Crippen molar-refractivity contribution in [3.8, 4) is 0 Å². The van der Waals surface area contributed by atoms with Crippen molar-refractivity contribution in [2.75, 3.05) is 6.54 Å². The predicted molar refractivity (Wildman–Crippen MR) is 114 cm³/mol. The number of nitrogens with zero attached hydrogens (tertiary/aromatic N) is 1. The van der Waals surface area contributed by atoms with Crippen LogP contribution in [0.2, 0.25) is 0 Å². The third-order valence-corrected chi connectivity index (χ3v) is 5.05. The van der Waals surface area contributed by atoms with E-state index >= 15 is 0 Å². The molecule has 0 aliphatic rings. The van der Waals surface area contributed by atoms with Crippen LogP contribution in [0.4, 0.5) is 0 Å². The molecule has 0 saturated carbocycles. The van der Waals surface area contributed by atoms with Gasteiger partial charge in [-0.2, -0.15) is 0 Å². The van der Waals surface area contributed by atoms with Crippen LogP contribution in [0, 0.1) is 5.92 Å². The average Bonchev–Trinajstić information content (AvgIpc) is 3.13. The Morgan fingerprint density at radius 3 is 2.45 bits per heavy atom. The molecular formula is C22H32N4O3. The van der Waals surface area contributed by atoms with E-state index in [1.54, 1.807) is 0 Å². The van der Waals surface area contributed by atoms with Gasteiger partial charge in [0.05, 0.1) is 0 Å². The number of rotatable bonds is 11. The fourth-order valence-corrected chi connectivity index (χ4v) is 3.19. The first-order valence-corrected chi connectivity index (χ1v) is 10.4. The SMILES string of the molecule is CCCCC(CC)CNC(=O)CCC(=O)NNC(=O)Cn1ccc2ccccc21. The summed E-state index contributed by atoms with van der Waals surface area (Å²) in [7, 11) is 0. The number of hydrazine groups is 1. The van der Waals surface area contributed by atoms with E-state index in [1.165, 1.54) is 0 Å². The maximum absolute atomic E-state index is 12.1. The van der Waals surface area contributed by atoms with E-state index in [1.807, 2.05) is 41.1 Å². The second-order valence-corrected chi connectivity index (χ2v) is 7.32. The molecule has 0 bridgehead atoms. The zero-order valence-corrected chi connectivity index (χ0v) is 17.4. The van der Waals surface area contributed by atoms with Crippen LogP contribution < -0.4 is 16.2 Å². The highest BCUT2D eigenvalue weighted by Crippen LogP contribution is 2.14. The number of carbonyl (C=O) groups is 3. The van der Waals surface area contributed by atoms with Crippen molar-refractivity contribution < 1.29 is 14.4 Å². The van der Waals surface area contributed by atoms with Gasteiger partial charge in [-0.25, -0.2) is 0 Å². The lowest BCUT2D eigenvalue weighted by Gasteiger charge is -2.15. The molecule has 1 atom stereocenters. The molecule has 1 unspecified atom stereocenters. The Bertz CT molecular complexity index is 815. The Labute approximate surface area is 172 Å². The normalized spacial score (nSPS) is 11.8. The van der Waals surface area contributed by atoms with Gasteiger partial charge in [-0.1, -0.05) is 51.3 Å². The lowest BCUT2D eigenvalue weighted by atomic mass is 9.99. The number of amides is 3. The van der Waals surface area contributed by atoms with Gasteiger partial charge in [-0.05, 0) is 29.9 Å². The van der Waals surface area contributed by atoms with E-state index in [0.717, 1.165) is 36.6 Å². The number of fused-ring (bicyclic) bond motifs is 1. The van der Waals surface area contributed by atoms with Crippen LogP contribution in [0.15, 0.2) is 36.5 Å². The van der Waals surface area contributed by atoms with E-state index < -0.39 is 0 Å². The van der Waals surface area contributed by atoms with Gasteiger partial charge >= 0.3 is 0 Å². The highest BCUT2D eigenvalue weighted by atomic mass is 16.2. The van der Waals surface area contributed by atoms with Gasteiger partial charge in [0.25, 0.3) is 5.91 Å². The molecule has 3 amide bonds. The molecule has 0 aliphatic heterocycles. The van der Waals surface area contributed by atoms with Crippen molar-refractivity contribution in [2.45, 2.75) is 58.9 Å². The van der Waals surface area contributed by atoms with Gasteiger partial charge in [0.1, 0.15) is 6.54 Å². The quantitative estimate of drug-likeness (QED) is 0.507. The number of nitrogens with one attached hydrogen (secondary N) is 3. The Morgan fingerprint density at radius 1 is 0.966 bits per heavy atom. The minimum atomic E-state index is -0.385. The molecular weight excluding hydrogens is 368 g/mol. The van der Waals surface area contributed by atoms with Crippen LogP contribution in [-0.2, 0) is 20.9 Å². The van der Waals surface area contributed by atoms with Gasteiger partial charge in [-0.15, -0.1) is 0 Å². The molecule has 2 rings (SSSR count). The summed E-state index contributed by atoms with van der Waals surface area (Å²) in [6.45, 7) is 5.03. The molecule has 0 fully saturated rings. The summed E-state index contributed by atoms with van der Waals surface area (Å²) in [5.74, 6) is -0.369. The van der Waals surface area contributed by atoms with Crippen LogP contribution >= 0.6 is 0 Å². The highest BCUT2D eigenvalue weighted by Gasteiger charge is 2.11. The highest BCUT2D eigenvalue weighted by molar-refractivity contribution is 5.86. The molecule has 1 heterocycles. The maximum atomic E-state index is 12.1. The monoisotopic (exact) mass is 400 g/mol. The maximum Gasteiger partial charge on any atom is 0.258 e. The molecule has 2 aromatic rings. The lowest BCUT2D eigenvalue weighted by Crippen LogP contribution is -2.43. The molecule has 0 radical (unpaired) electrons. The standard InChI is InChI=1S/C22H32N4O3/c1-3-5-8-17(4-2)15-23-20(27)11-12-21(28)24-25-22(29)16-26-14-13-18-9-6-7-10-19(18)26/h6-7,9-10,13-14,17H,3-5,8,11-12,15-16H2,1-2H3,(H,23,27)(H,24,28)(H,25,29). The molecule has 158 valence electrons. The van der Waals surface area contributed by atoms with E-state index in [9.17, 15) is 14.4 Å². The van der Waals surface area contributed by atoms with Gasteiger partial charge in [0.15, 0.2) is 0 Å². The first-order valence-electron chi connectivity index (χ1n) is 10.4. The molecule has 7 nitrogen and oxygen atoms in total. The fraction of sp³-hybridized carbons (Fsp3) is 0.500. The van der Waals surface area contributed by atoms with Crippen molar-refractivity contribution in [3.63, 3.8) is 0 Å². The molecule has 1 aromatic carbocycles. The topological polar surface area (TPSA) is 92.2 Å². The van der Waals surface area contributed by atoms with Crippen LogP contribution in [0.25, 0.3) is 10.9 Å². The van der Waals surface area contributed by atoms with Crippen molar-refractivity contribution >= 4 is 28.6 Å². The fourth-order valence-electron chi connectivity index (χ4n) is 3.19. The smallest absolute Gasteiger partial charge is 0.258 e. The van der Waals surface area contributed by atoms with E-state index in [-0.39, 0.29) is 37.1 Å². The number of unbranched alkanes of at least 4 members (excludes halogenated alkanes) is 1. The third kappa shape index (κ3) is 7.60. The lowest BCUT2D eigenvalue weighted by molar-refractivity contribution is -0.130. The summed E-state index contributed by atoms with van der Waals surface area (Å²) in [5.41, 5.74) is 5.72. The summed E-state index contributed by atoms with van der Waals surface area (Å²) in [6.07, 6.45) is 6.42. The Kier molecular flexibility index (Phi) is 9.21. The molecule has 0 aliphatic carbocycles. The molecule has 1 aromatic heterocycles. The summed E-state index contributed by atoms with van der Waals surface area (Å²) < 4.78 is 1.81. The number of benzene rings is 1.